The summed E-state index contributed by atoms with van der Waals surface area (Å²) in [5.41, 5.74) is 1.36. The number of aryl methyl sites for hydroxylation is 1. The van der Waals surface area contributed by atoms with Crippen LogP contribution in [0.15, 0.2) is 58.3 Å². The molecule has 0 aliphatic rings. The Morgan fingerprint density at radius 1 is 1.00 bits per heavy atom. The highest BCUT2D eigenvalue weighted by molar-refractivity contribution is 7.92. The van der Waals surface area contributed by atoms with Crippen molar-refractivity contribution in [2.45, 2.75) is 16.7 Å². The fourth-order valence-corrected chi connectivity index (χ4v) is 4.09. The van der Waals surface area contributed by atoms with Gasteiger partial charge in [-0.15, -0.1) is 0 Å². The fraction of sp³-hybridized carbons (Fsp3) is 0.0667. The molecule has 7 heteroatoms. The molecule has 0 unspecified atom stereocenters. The van der Waals surface area contributed by atoms with Crippen LogP contribution in [-0.2, 0) is 9.84 Å². The van der Waals surface area contributed by atoms with Crippen LogP contribution >= 0.6 is 0 Å². The number of fused-ring (bicyclic) bond motifs is 1. The van der Waals surface area contributed by atoms with E-state index in [1.807, 2.05) is 6.92 Å². The van der Waals surface area contributed by atoms with Crippen LogP contribution in [0.3, 0.4) is 0 Å². The summed E-state index contributed by atoms with van der Waals surface area (Å²) in [6, 6.07) is 13.2. The average molecular weight is 315 g/mol. The summed E-state index contributed by atoms with van der Waals surface area (Å²) in [6.45, 7) is 1.87. The zero-order chi connectivity index (χ0) is 15.9. The maximum Gasteiger partial charge on any atom is 0.507 e. The molecule has 22 heavy (non-hydrogen) atoms. The molecule has 112 valence electrons. The first kappa shape index (κ1) is 14.8. The Labute approximate surface area is 128 Å². The summed E-state index contributed by atoms with van der Waals surface area (Å²) in [5.74, 6) is 0. The predicted octanol–water partition coefficient (Wildman–Crippen LogP) is 0.989. The molecule has 0 aliphatic carbocycles. The van der Waals surface area contributed by atoms with Gasteiger partial charge in [0.2, 0.25) is 9.84 Å². The van der Waals surface area contributed by atoms with Gasteiger partial charge in [0.1, 0.15) is 0 Å². The minimum absolute atomic E-state index is 0.0954. The second kappa shape index (κ2) is 5.28. The molecule has 0 radical (unpaired) electrons. The summed E-state index contributed by atoms with van der Waals surface area (Å²) in [4.78, 5) is 2.79. The van der Waals surface area contributed by atoms with Crippen molar-refractivity contribution in [3.8, 4) is 0 Å². The van der Waals surface area contributed by atoms with E-state index >= 15 is 0 Å². The van der Waals surface area contributed by atoms with Crippen molar-refractivity contribution in [3.63, 3.8) is 0 Å². The van der Waals surface area contributed by atoms with E-state index in [0.717, 1.165) is 5.56 Å². The fourth-order valence-electron chi connectivity index (χ4n) is 2.44. The predicted molar refractivity (Wildman–Crippen MR) is 84.8 cm³/mol. The van der Waals surface area contributed by atoms with Gasteiger partial charge >= 0.3 is 7.12 Å². The van der Waals surface area contributed by atoms with Crippen molar-refractivity contribution in [1.29, 1.82) is 0 Å². The van der Waals surface area contributed by atoms with Gasteiger partial charge in [-0.25, -0.2) is 8.42 Å². The molecule has 2 aromatic carbocycles. The van der Waals surface area contributed by atoms with Gasteiger partial charge in [-0.2, -0.15) is 0 Å². The summed E-state index contributed by atoms with van der Waals surface area (Å²) < 4.78 is 25.8. The molecule has 0 bridgehead atoms. The number of H-pyrrole nitrogens is 1. The molecule has 5 nitrogen and oxygen atoms in total. The van der Waals surface area contributed by atoms with Gasteiger partial charge < -0.3 is 15.0 Å². The second-order valence-electron chi connectivity index (χ2n) is 5.10. The largest absolute Gasteiger partial charge is 0.507 e. The topological polar surface area (TPSA) is 90.4 Å². The maximum absolute atomic E-state index is 12.9. The monoisotopic (exact) mass is 315 g/mol. The van der Waals surface area contributed by atoms with Gasteiger partial charge in [-0.3, -0.25) is 0 Å². The molecule has 0 saturated carbocycles. The third-order valence-corrected chi connectivity index (χ3v) is 5.41. The molecule has 0 atom stereocenters. The smallest absolute Gasteiger partial charge is 0.422 e. The summed E-state index contributed by atoms with van der Waals surface area (Å²) in [5, 5.41) is 19.5. The molecule has 1 heterocycles. The van der Waals surface area contributed by atoms with Crippen molar-refractivity contribution in [2.75, 3.05) is 0 Å². The number of hydrogen-bond acceptors (Lipinski definition) is 4. The molecule has 3 aromatic rings. The lowest BCUT2D eigenvalue weighted by Crippen LogP contribution is -2.34. The lowest BCUT2D eigenvalue weighted by atomic mass is 9.86. The Morgan fingerprint density at radius 3 is 2.27 bits per heavy atom. The van der Waals surface area contributed by atoms with Crippen LogP contribution in [0.25, 0.3) is 10.9 Å². The standard InChI is InChI=1S/C15H14BNO4S/c1-10-6-8-11(9-7-10)22(20,21)14-12-4-2-3-5-13(12)17-15(14)16(18)19/h2-9,17-19H,1H3. The van der Waals surface area contributed by atoms with Gasteiger partial charge in [0.25, 0.3) is 0 Å². The number of benzene rings is 2. The lowest BCUT2D eigenvalue weighted by molar-refractivity contribution is 0.423. The van der Waals surface area contributed by atoms with Gasteiger partial charge in [0, 0.05) is 10.9 Å². The molecule has 0 fully saturated rings. The molecular weight excluding hydrogens is 301 g/mol. The number of hydrogen-bond donors (Lipinski definition) is 3. The Hall–Kier alpha value is -2.09. The van der Waals surface area contributed by atoms with E-state index in [1.165, 1.54) is 12.1 Å². The second-order valence-corrected chi connectivity index (χ2v) is 6.99. The number of aromatic nitrogens is 1. The summed E-state index contributed by atoms with van der Waals surface area (Å²) in [6.07, 6.45) is 0. The highest BCUT2D eigenvalue weighted by atomic mass is 32.2. The quantitative estimate of drug-likeness (QED) is 0.629. The number of sulfone groups is 1. The van der Waals surface area contributed by atoms with E-state index < -0.39 is 17.0 Å². The van der Waals surface area contributed by atoms with Crippen LogP contribution in [0.4, 0.5) is 0 Å². The lowest BCUT2D eigenvalue weighted by Gasteiger charge is -2.07. The maximum atomic E-state index is 12.9. The van der Waals surface area contributed by atoms with Crippen molar-refractivity contribution in [2.24, 2.45) is 0 Å². The van der Waals surface area contributed by atoms with E-state index in [1.54, 1.807) is 36.4 Å². The van der Waals surface area contributed by atoms with E-state index in [-0.39, 0.29) is 15.4 Å². The van der Waals surface area contributed by atoms with Gasteiger partial charge in [0.05, 0.1) is 15.4 Å². The van der Waals surface area contributed by atoms with E-state index in [9.17, 15) is 18.5 Å². The Kier molecular flexibility index (Phi) is 3.56. The van der Waals surface area contributed by atoms with Gasteiger partial charge in [-0.05, 0) is 25.1 Å². The van der Waals surface area contributed by atoms with Crippen molar-refractivity contribution >= 4 is 33.5 Å². The Balaban J connectivity index is 2.32. The van der Waals surface area contributed by atoms with Crippen LogP contribution in [0.1, 0.15) is 5.56 Å². The first-order chi connectivity index (χ1) is 10.4. The number of para-hydroxylation sites is 1. The molecule has 0 spiro atoms. The zero-order valence-corrected chi connectivity index (χ0v) is 12.6. The van der Waals surface area contributed by atoms with Gasteiger partial charge in [-0.1, -0.05) is 35.9 Å². The number of rotatable bonds is 3. The van der Waals surface area contributed by atoms with Crippen LogP contribution in [0.5, 0.6) is 0 Å². The molecule has 0 amide bonds. The molecule has 1 aromatic heterocycles. The molecular formula is C15H14BNO4S. The normalized spacial score (nSPS) is 11.8. The highest BCUT2D eigenvalue weighted by Gasteiger charge is 2.31. The SMILES string of the molecule is Cc1ccc(S(=O)(=O)c2c(B(O)O)[nH]c3ccccc23)cc1. The number of aromatic amines is 1. The highest BCUT2D eigenvalue weighted by Crippen LogP contribution is 2.27. The average Bonchev–Trinajstić information content (AvgIpc) is 2.88. The minimum atomic E-state index is -3.87. The Bertz CT molecular complexity index is 930. The van der Waals surface area contributed by atoms with E-state index in [4.69, 9.17) is 0 Å². The molecule has 0 aliphatic heterocycles. The number of nitrogens with one attached hydrogen (secondary N) is 1. The first-order valence-electron chi connectivity index (χ1n) is 6.70. The van der Waals surface area contributed by atoms with E-state index in [0.29, 0.717) is 10.9 Å². The van der Waals surface area contributed by atoms with Crippen LogP contribution in [0.2, 0.25) is 0 Å². The van der Waals surface area contributed by atoms with Gasteiger partial charge in [0.15, 0.2) is 0 Å². The van der Waals surface area contributed by atoms with Crippen LogP contribution in [0, 0.1) is 6.92 Å². The van der Waals surface area contributed by atoms with Crippen molar-refractivity contribution < 1.29 is 18.5 Å². The Morgan fingerprint density at radius 2 is 1.64 bits per heavy atom. The van der Waals surface area contributed by atoms with Crippen LogP contribution in [-0.4, -0.2) is 30.6 Å². The summed E-state index contributed by atoms with van der Waals surface area (Å²) in [7, 11) is -5.77. The summed E-state index contributed by atoms with van der Waals surface area (Å²) >= 11 is 0. The zero-order valence-electron chi connectivity index (χ0n) is 11.8. The molecule has 0 saturated heterocycles. The van der Waals surface area contributed by atoms with Crippen molar-refractivity contribution in [1.82, 2.24) is 4.98 Å². The molecule has 3 rings (SSSR count). The third-order valence-electron chi connectivity index (χ3n) is 3.54. The first-order valence-corrected chi connectivity index (χ1v) is 8.18. The van der Waals surface area contributed by atoms with Crippen molar-refractivity contribution in [3.05, 3.63) is 54.1 Å². The van der Waals surface area contributed by atoms with Crippen LogP contribution < -0.4 is 5.59 Å². The minimum Gasteiger partial charge on any atom is -0.422 e. The third kappa shape index (κ3) is 2.33. The molecule has 3 N–H and O–H groups in total. The van der Waals surface area contributed by atoms with E-state index in [2.05, 4.69) is 4.98 Å².